The van der Waals surface area contributed by atoms with E-state index in [-0.39, 0.29) is 40.1 Å². The molecular weight excluding hydrogens is 744 g/mol. The van der Waals surface area contributed by atoms with Crippen LogP contribution in [0.1, 0.15) is 98.8 Å². The zero-order valence-corrected chi connectivity index (χ0v) is 34.0. The topological polar surface area (TPSA) is 256 Å². The standard InChI is InChI=1S/C42H68O15/c1-20(16-43)6-7-23(46)21(2)22-10-12-39(4)26-8-9-27-40(5,37(52)53)28(11-13-41(27)19-42(26,41)15-14-38(22,39)3)56-36-34(32(50)30(48)25(18-45)55-36)57-35-33(51)31(49)29(47)24(17-44)54-35/h6,21-36,43-51H,7-19H2,1-5H3,(H,52,53). The zero-order valence-electron chi connectivity index (χ0n) is 34.0. The van der Waals surface area contributed by atoms with E-state index in [1.165, 1.54) is 0 Å². The van der Waals surface area contributed by atoms with Gasteiger partial charge in [-0.05, 0) is 123 Å². The van der Waals surface area contributed by atoms with Crippen molar-refractivity contribution < 1.29 is 74.8 Å². The lowest BCUT2D eigenvalue weighted by Crippen LogP contribution is -2.66. The highest BCUT2D eigenvalue weighted by atomic mass is 16.8. The second kappa shape index (κ2) is 15.5. The summed E-state index contributed by atoms with van der Waals surface area (Å²) in [7, 11) is 0. The number of fused-ring (bicyclic) bond motifs is 2. The summed E-state index contributed by atoms with van der Waals surface area (Å²) in [5, 5.41) is 105. The van der Waals surface area contributed by atoms with Crippen molar-refractivity contribution in [2.24, 2.45) is 50.7 Å². The number of hydrogen-bond donors (Lipinski definition) is 10. The molecule has 0 radical (unpaired) electrons. The third kappa shape index (κ3) is 6.43. The van der Waals surface area contributed by atoms with Crippen molar-refractivity contribution in [1.29, 1.82) is 0 Å². The minimum atomic E-state index is -1.83. The fourth-order valence-corrected chi connectivity index (χ4v) is 14.1. The van der Waals surface area contributed by atoms with Crippen LogP contribution in [0.3, 0.4) is 0 Å². The van der Waals surface area contributed by atoms with Gasteiger partial charge in [0.15, 0.2) is 12.6 Å². The van der Waals surface area contributed by atoms with E-state index >= 15 is 0 Å². The van der Waals surface area contributed by atoms with E-state index in [1.54, 1.807) is 6.92 Å². The van der Waals surface area contributed by atoms with Crippen LogP contribution in [0, 0.1) is 50.7 Å². The normalized spacial score (nSPS) is 53.2. The quantitative estimate of drug-likeness (QED) is 0.0968. The first kappa shape index (κ1) is 43.8. The smallest absolute Gasteiger partial charge is 0.312 e. The fraction of sp³-hybridized carbons (Fsp3) is 0.929. The number of rotatable bonds is 12. The summed E-state index contributed by atoms with van der Waals surface area (Å²) in [6, 6.07) is 0. The minimum Gasteiger partial charge on any atom is -0.481 e. The highest BCUT2D eigenvalue weighted by molar-refractivity contribution is 5.76. The molecular formula is C42H68O15. The third-order valence-electron chi connectivity index (χ3n) is 17.7. The first-order valence-corrected chi connectivity index (χ1v) is 21.2. The largest absolute Gasteiger partial charge is 0.481 e. The Bertz CT molecular complexity index is 1510. The Morgan fingerprint density at radius 1 is 0.754 bits per heavy atom. The molecule has 21 atom stereocenters. The lowest BCUT2D eigenvalue weighted by atomic mass is 9.41. The number of carboxylic acids is 1. The van der Waals surface area contributed by atoms with Gasteiger partial charge in [-0.25, -0.2) is 0 Å². The Labute approximate surface area is 335 Å². The molecule has 15 nitrogen and oxygen atoms in total. The van der Waals surface area contributed by atoms with Gasteiger partial charge in [0, 0.05) is 0 Å². The number of carboxylic acid groups (broad SMARTS) is 1. The second-order valence-corrected chi connectivity index (χ2v) is 19.8. The van der Waals surface area contributed by atoms with Gasteiger partial charge in [0.2, 0.25) is 0 Å². The molecule has 0 amide bonds. The van der Waals surface area contributed by atoms with Gasteiger partial charge in [0.25, 0.3) is 0 Å². The maximum Gasteiger partial charge on any atom is 0.312 e. The number of carbonyl (C=O) groups is 1. The van der Waals surface area contributed by atoms with Crippen LogP contribution in [0.5, 0.6) is 0 Å². The van der Waals surface area contributed by atoms with Crippen molar-refractivity contribution in [3.05, 3.63) is 11.6 Å². The predicted molar refractivity (Wildman–Crippen MR) is 201 cm³/mol. The maximum atomic E-state index is 13.7. The van der Waals surface area contributed by atoms with Gasteiger partial charge in [0.05, 0.1) is 37.4 Å². The molecule has 7 aliphatic rings. The molecule has 326 valence electrons. The van der Waals surface area contributed by atoms with Crippen LogP contribution in [0.2, 0.25) is 0 Å². The number of hydrogen-bond acceptors (Lipinski definition) is 14. The van der Waals surface area contributed by atoms with Crippen LogP contribution in [0.4, 0.5) is 0 Å². The molecule has 57 heavy (non-hydrogen) atoms. The average molecular weight is 813 g/mol. The molecule has 5 saturated carbocycles. The van der Waals surface area contributed by atoms with Crippen LogP contribution in [0.15, 0.2) is 11.6 Å². The molecule has 0 aromatic carbocycles. The third-order valence-corrected chi connectivity index (χ3v) is 17.7. The number of ether oxygens (including phenoxy) is 4. The van der Waals surface area contributed by atoms with E-state index in [0.29, 0.717) is 31.1 Å². The summed E-state index contributed by atoms with van der Waals surface area (Å²) in [5.41, 5.74) is -0.726. The SMILES string of the molecule is CC(=CCC(O)C(C)C1CCC2(C)C3CCC4C(C)(C(=O)O)C(OC5OC(CO)C(O)C(O)C5OC5OC(CO)C(O)C(O)C5O)CCC45CC35CCC12C)CO. The van der Waals surface area contributed by atoms with E-state index in [4.69, 9.17) is 18.9 Å². The Hall–Kier alpha value is -1.31. The molecule has 15 heteroatoms. The Morgan fingerprint density at radius 2 is 1.37 bits per heavy atom. The Kier molecular flexibility index (Phi) is 11.9. The molecule has 0 aromatic rings. The Morgan fingerprint density at radius 3 is 2.00 bits per heavy atom. The summed E-state index contributed by atoms with van der Waals surface area (Å²) >= 11 is 0. The molecule has 2 heterocycles. The first-order valence-electron chi connectivity index (χ1n) is 21.2. The summed E-state index contributed by atoms with van der Waals surface area (Å²) in [4.78, 5) is 13.7. The molecule has 5 aliphatic carbocycles. The van der Waals surface area contributed by atoms with Crippen molar-refractivity contribution in [1.82, 2.24) is 0 Å². The van der Waals surface area contributed by atoms with Gasteiger partial charge in [-0.15, -0.1) is 0 Å². The molecule has 2 saturated heterocycles. The Balaban J connectivity index is 1.12. The van der Waals surface area contributed by atoms with Crippen LogP contribution >= 0.6 is 0 Å². The lowest BCUT2D eigenvalue weighted by Gasteiger charge is -2.63. The molecule has 2 spiro atoms. The zero-order chi connectivity index (χ0) is 41.6. The highest BCUT2D eigenvalue weighted by Crippen LogP contribution is 2.89. The van der Waals surface area contributed by atoms with E-state index in [2.05, 4.69) is 20.8 Å². The highest BCUT2D eigenvalue weighted by Gasteiger charge is 2.83. The summed E-state index contributed by atoms with van der Waals surface area (Å²) in [6.45, 7) is 9.22. The van der Waals surface area contributed by atoms with Crippen molar-refractivity contribution in [3.63, 3.8) is 0 Å². The van der Waals surface area contributed by atoms with Gasteiger partial charge < -0.3 is 70.0 Å². The predicted octanol–water partition coefficient (Wildman–Crippen LogP) is 0.825. The van der Waals surface area contributed by atoms with Crippen LogP contribution < -0.4 is 0 Å². The van der Waals surface area contributed by atoms with Crippen molar-refractivity contribution >= 4 is 5.97 Å². The van der Waals surface area contributed by atoms with Crippen molar-refractivity contribution in [3.8, 4) is 0 Å². The second-order valence-electron chi connectivity index (χ2n) is 19.8. The molecule has 0 aromatic heterocycles. The van der Waals surface area contributed by atoms with Gasteiger partial charge in [-0.2, -0.15) is 0 Å². The number of aliphatic hydroxyl groups is 9. The van der Waals surface area contributed by atoms with Crippen molar-refractivity contribution in [2.75, 3.05) is 19.8 Å². The average Bonchev–Trinajstić information content (AvgIpc) is 3.78. The minimum absolute atomic E-state index is 0.00894. The molecule has 2 aliphatic heterocycles. The summed E-state index contributed by atoms with van der Waals surface area (Å²) in [6.07, 6.45) is -7.49. The number of aliphatic carboxylic acids is 1. The van der Waals surface area contributed by atoms with E-state index in [9.17, 15) is 55.9 Å². The van der Waals surface area contributed by atoms with Crippen LogP contribution in [-0.2, 0) is 23.7 Å². The molecule has 10 N–H and O–H groups in total. The molecule has 7 rings (SSSR count). The lowest BCUT2D eigenvalue weighted by molar-refractivity contribution is -0.377. The van der Waals surface area contributed by atoms with E-state index in [0.717, 1.165) is 50.5 Å². The van der Waals surface area contributed by atoms with Crippen molar-refractivity contribution in [2.45, 2.75) is 172 Å². The summed E-state index contributed by atoms with van der Waals surface area (Å²) in [5.74, 6) is -0.422. The first-order chi connectivity index (χ1) is 26.8. The van der Waals surface area contributed by atoms with Gasteiger partial charge in [-0.1, -0.05) is 32.4 Å². The van der Waals surface area contributed by atoms with Gasteiger partial charge >= 0.3 is 5.97 Å². The fourth-order valence-electron chi connectivity index (χ4n) is 14.1. The van der Waals surface area contributed by atoms with Gasteiger partial charge in [0.1, 0.15) is 48.8 Å². The molecule has 0 bridgehead atoms. The number of aliphatic hydroxyl groups excluding tert-OH is 9. The van der Waals surface area contributed by atoms with Crippen LogP contribution in [0.25, 0.3) is 0 Å². The van der Waals surface area contributed by atoms with Gasteiger partial charge in [-0.3, -0.25) is 4.79 Å². The van der Waals surface area contributed by atoms with E-state index < -0.39 is 98.2 Å². The molecule has 21 unspecified atom stereocenters. The van der Waals surface area contributed by atoms with E-state index in [1.807, 2.05) is 13.0 Å². The summed E-state index contributed by atoms with van der Waals surface area (Å²) < 4.78 is 24.0. The molecule has 7 fully saturated rings. The maximum absolute atomic E-state index is 13.7. The monoisotopic (exact) mass is 812 g/mol. The van der Waals surface area contributed by atoms with Crippen LogP contribution in [-0.4, -0.2) is 150 Å².